The van der Waals surface area contributed by atoms with E-state index in [2.05, 4.69) is 4.90 Å². The Morgan fingerprint density at radius 2 is 1.71 bits per heavy atom. The molecule has 4 rings (SSSR count). The molecule has 0 bridgehead atoms. The minimum Gasteiger partial charge on any atom is -0.467 e. The molecule has 6 heteroatoms. The van der Waals surface area contributed by atoms with E-state index in [1.165, 1.54) is 24.3 Å². The minimum atomic E-state index is -0.273. The number of carbonyl (C=O) groups is 1. The summed E-state index contributed by atoms with van der Waals surface area (Å²) in [4.78, 5) is 17.1. The van der Waals surface area contributed by atoms with Crippen molar-refractivity contribution in [3.8, 4) is 0 Å². The molecule has 1 saturated heterocycles. The Bertz CT molecular complexity index is 987. The van der Waals surface area contributed by atoms with Crippen LogP contribution in [0.4, 0.5) is 8.78 Å². The van der Waals surface area contributed by atoms with Crippen molar-refractivity contribution in [2.45, 2.75) is 32.0 Å². The molecule has 0 radical (unpaired) electrons. The summed E-state index contributed by atoms with van der Waals surface area (Å²) in [6.45, 7) is 1.61. The average Bonchev–Trinajstić information content (AvgIpc) is 3.28. The molecule has 3 aromatic rings. The van der Waals surface area contributed by atoms with Crippen LogP contribution in [-0.2, 0) is 17.9 Å². The van der Waals surface area contributed by atoms with Crippen molar-refractivity contribution in [1.29, 1.82) is 0 Å². The van der Waals surface area contributed by atoms with Crippen LogP contribution in [0.25, 0.3) is 0 Å². The molecule has 0 aliphatic carbocycles. The Balaban J connectivity index is 1.51. The van der Waals surface area contributed by atoms with Gasteiger partial charge >= 0.3 is 0 Å². The summed E-state index contributed by atoms with van der Waals surface area (Å²) in [6.07, 6.45) is 3.15. The summed E-state index contributed by atoms with van der Waals surface area (Å²) in [7, 11) is 1.79. The summed E-state index contributed by atoms with van der Waals surface area (Å²) < 4.78 is 32.2. The number of nitrogens with zero attached hydrogens (tertiary/aromatic N) is 2. The second kappa shape index (κ2) is 9.43. The molecule has 4 nitrogen and oxygen atoms in total. The number of halogens is 2. The van der Waals surface area contributed by atoms with E-state index in [4.69, 9.17) is 4.42 Å². The van der Waals surface area contributed by atoms with Gasteiger partial charge in [-0.1, -0.05) is 24.3 Å². The van der Waals surface area contributed by atoms with Gasteiger partial charge in [-0.25, -0.2) is 8.78 Å². The second-order valence-corrected chi connectivity index (χ2v) is 8.17. The van der Waals surface area contributed by atoms with Crippen molar-refractivity contribution >= 4 is 5.91 Å². The number of hydrogen-bond donors (Lipinski definition) is 0. The predicted octanol–water partition coefficient (Wildman–Crippen LogP) is 5.17. The van der Waals surface area contributed by atoms with Crippen LogP contribution >= 0.6 is 0 Å². The summed E-state index contributed by atoms with van der Waals surface area (Å²) in [6, 6.07) is 16.7. The molecular weight excluding hydrogens is 398 g/mol. The highest BCUT2D eigenvalue weighted by Crippen LogP contribution is 2.35. The van der Waals surface area contributed by atoms with Crippen LogP contribution in [0.15, 0.2) is 71.3 Å². The normalized spacial score (nSPS) is 19.3. The van der Waals surface area contributed by atoms with Crippen LogP contribution in [0.5, 0.6) is 0 Å². The third-order valence-corrected chi connectivity index (χ3v) is 5.94. The molecular formula is C25H26F2N2O2. The molecule has 1 aliphatic rings. The van der Waals surface area contributed by atoms with Crippen LogP contribution in [0.2, 0.25) is 0 Å². The predicted molar refractivity (Wildman–Crippen MR) is 114 cm³/mol. The summed E-state index contributed by atoms with van der Waals surface area (Å²) in [5.41, 5.74) is 2.00. The van der Waals surface area contributed by atoms with Crippen LogP contribution in [0, 0.1) is 17.6 Å². The van der Waals surface area contributed by atoms with Gasteiger partial charge in [0.1, 0.15) is 17.4 Å². The molecule has 1 aromatic heterocycles. The lowest BCUT2D eigenvalue weighted by Gasteiger charge is -2.40. The maximum atomic E-state index is 13.4. The smallest absolute Gasteiger partial charge is 0.227 e. The summed E-state index contributed by atoms with van der Waals surface area (Å²) in [5, 5.41) is 0. The van der Waals surface area contributed by atoms with Gasteiger partial charge in [0.2, 0.25) is 5.91 Å². The SMILES string of the molecule is CN(Cc1ccco1)C(=O)C1CCC(c2ccc(F)cc2)N(Cc2ccc(F)cc2)C1. The van der Waals surface area contributed by atoms with Crippen LogP contribution in [0.1, 0.15) is 35.8 Å². The number of rotatable bonds is 6. The standard InChI is InChI=1S/C25H26F2N2O2/c1-28(17-23-3-2-14-31-23)25(30)20-8-13-24(19-6-11-22(27)12-7-19)29(16-20)15-18-4-9-21(26)10-5-18/h2-7,9-12,14,20,24H,8,13,15-17H2,1H3. The maximum absolute atomic E-state index is 13.4. The van der Waals surface area contributed by atoms with Gasteiger partial charge in [0.25, 0.3) is 0 Å². The Kier molecular flexibility index (Phi) is 6.47. The molecule has 162 valence electrons. The van der Waals surface area contributed by atoms with Gasteiger partial charge in [-0.05, 0) is 60.4 Å². The number of carbonyl (C=O) groups excluding carboxylic acids is 1. The monoisotopic (exact) mass is 424 g/mol. The molecule has 0 N–H and O–H groups in total. The van der Waals surface area contributed by atoms with E-state index >= 15 is 0 Å². The maximum Gasteiger partial charge on any atom is 0.227 e. The molecule has 31 heavy (non-hydrogen) atoms. The van der Waals surface area contributed by atoms with Crippen molar-refractivity contribution in [1.82, 2.24) is 9.80 Å². The number of likely N-dealkylation sites (tertiary alicyclic amines) is 1. The first-order chi connectivity index (χ1) is 15.0. The van der Waals surface area contributed by atoms with E-state index < -0.39 is 0 Å². The van der Waals surface area contributed by atoms with Crippen LogP contribution in [-0.4, -0.2) is 29.3 Å². The molecule has 2 aromatic carbocycles. The molecule has 1 fully saturated rings. The number of piperidine rings is 1. The van der Waals surface area contributed by atoms with E-state index in [0.29, 0.717) is 19.6 Å². The zero-order chi connectivity index (χ0) is 21.8. The Morgan fingerprint density at radius 3 is 2.35 bits per heavy atom. The van der Waals surface area contributed by atoms with Gasteiger partial charge in [-0.3, -0.25) is 9.69 Å². The second-order valence-electron chi connectivity index (χ2n) is 8.17. The number of furan rings is 1. The van der Waals surface area contributed by atoms with E-state index in [0.717, 1.165) is 29.7 Å². The molecule has 2 heterocycles. The fourth-order valence-corrected chi connectivity index (χ4v) is 4.33. The Labute approximate surface area is 181 Å². The molecule has 2 atom stereocenters. The topological polar surface area (TPSA) is 36.7 Å². The lowest BCUT2D eigenvalue weighted by atomic mass is 9.87. The van der Waals surface area contributed by atoms with Crippen LogP contribution < -0.4 is 0 Å². The van der Waals surface area contributed by atoms with E-state index in [1.807, 2.05) is 24.3 Å². The first-order valence-corrected chi connectivity index (χ1v) is 10.5. The zero-order valence-electron chi connectivity index (χ0n) is 17.5. The van der Waals surface area contributed by atoms with Crippen molar-refractivity contribution < 1.29 is 18.0 Å². The van der Waals surface area contributed by atoms with Gasteiger partial charge < -0.3 is 9.32 Å². The first-order valence-electron chi connectivity index (χ1n) is 10.5. The van der Waals surface area contributed by atoms with Crippen molar-refractivity contribution in [2.75, 3.05) is 13.6 Å². The van der Waals surface area contributed by atoms with Gasteiger partial charge in [-0.15, -0.1) is 0 Å². The average molecular weight is 424 g/mol. The molecule has 0 saturated carbocycles. The number of hydrogen-bond acceptors (Lipinski definition) is 3. The summed E-state index contributed by atoms with van der Waals surface area (Å²) >= 11 is 0. The molecule has 1 amide bonds. The molecule has 1 aliphatic heterocycles. The fraction of sp³-hybridized carbons (Fsp3) is 0.320. The number of benzene rings is 2. The quantitative estimate of drug-likeness (QED) is 0.548. The minimum absolute atomic E-state index is 0.0742. The lowest BCUT2D eigenvalue weighted by Crippen LogP contribution is -2.44. The van der Waals surface area contributed by atoms with Gasteiger partial charge in [-0.2, -0.15) is 0 Å². The van der Waals surface area contributed by atoms with Crippen molar-refractivity contribution in [3.05, 3.63) is 95.4 Å². The van der Waals surface area contributed by atoms with Crippen LogP contribution in [0.3, 0.4) is 0 Å². The fourth-order valence-electron chi connectivity index (χ4n) is 4.33. The highest BCUT2D eigenvalue weighted by atomic mass is 19.1. The Morgan fingerprint density at radius 1 is 1.03 bits per heavy atom. The number of amides is 1. The first kappa shape index (κ1) is 21.2. The largest absolute Gasteiger partial charge is 0.467 e. The van der Waals surface area contributed by atoms with Crippen molar-refractivity contribution in [3.63, 3.8) is 0 Å². The Hall–Kier alpha value is -2.99. The summed E-state index contributed by atoms with van der Waals surface area (Å²) in [5.74, 6) is 0.150. The van der Waals surface area contributed by atoms with Gasteiger partial charge in [0.15, 0.2) is 0 Å². The third-order valence-electron chi connectivity index (χ3n) is 5.94. The lowest BCUT2D eigenvalue weighted by molar-refractivity contribution is -0.137. The van der Waals surface area contributed by atoms with E-state index in [9.17, 15) is 13.6 Å². The third kappa shape index (κ3) is 5.20. The van der Waals surface area contributed by atoms with E-state index in [1.54, 1.807) is 30.3 Å². The van der Waals surface area contributed by atoms with E-state index in [-0.39, 0.29) is 29.5 Å². The highest BCUT2D eigenvalue weighted by Gasteiger charge is 2.34. The molecule has 0 spiro atoms. The molecule has 2 unspecified atom stereocenters. The highest BCUT2D eigenvalue weighted by molar-refractivity contribution is 5.79. The van der Waals surface area contributed by atoms with Gasteiger partial charge in [0, 0.05) is 26.2 Å². The van der Waals surface area contributed by atoms with Crippen molar-refractivity contribution in [2.24, 2.45) is 5.92 Å². The van der Waals surface area contributed by atoms with Gasteiger partial charge in [0.05, 0.1) is 18.7 Å². The zero-order valence-corrected chi connectivity index (χ0v) is 17.5.